The molecule has 0 bridgehead atoms. The smallest absolute Gasteiger partial charge is 0.227 e. The first-order chi connectivity index (χ1) is 11.1. The molecule has 2 heterocycles. The lowest BCUT2D eigenvalue weighted by Gasteiger charge is -2.35. The van der Waals surface area contributed by atoms with Crippen LogP contribution in [0.25, 0.3) is 0 Å². The summed E-state index contributed by atoms with van der Waals surface area (Å²) in [7, 11) is 0. The molecule has 0 radical (unpaired) electrons. The van der Waals surface area contributed by atoms with Gasteiger partial charge in [-0.25, -0.2) is 0 Å². The highest BCUT2D eigenvalue weighted by atomic mass is 16.6. The number of ether oxygens (including phenoxy) is 2. The van der Waals surface area contributed by atoms with Crippen LogP contribution in [0.3, 0.4) is 0 Å². The highest BCUT2D eigenvalue weighted by molar-refractivity contribution is 5.79. The van der Waals surface area contributed by atoms with Gasteiger partial charge in [-0.1, -0.05) is 6.07 Å². The molecule has 1 aromatic rings. The van der Waals surface area contributed by atoms with Gasteiger partial charge in [0.05, 0.1) is 12.5 Å². The molecule has 1 aromatic carbocycles. The van der Waals surface area contributed by atoms with Crippen LogP contribution in [0.1, 0.15) is 12.5 Å². The largest absolute Gasteiger partial charge is 0.486 e. The first kappa shape index (κ1) is 16.1. The summed E-state index contributed by atoms with van der Waals surface area (Å²) >= 11 is 0. The summed E-state index contributed by atoms with van der Waals surface area (Å²) in [5.41, 5.74) is 0.950. The summed E-state index contributed by atoms with van der Waals surface area (Å²) < 4.78 is 11.1. The zero-order chi connectivity index (χ0) is 16.2. The molecule has 3 rings (SSSR count). The zero-order valence-corrected chi connectivity index (χ0v) is 13.5. The van der Waals surface area contributed by atoms with Gasteiger partial charge in [0.2, 0.25) is 5.91 Å². The minimum absolute atomic E-state index is 0.137. The van der Waals surface area contributed by atoms with Gasteiger partial charge in [-0.2, -0.15) is 0 Å². The van der Waals surface area contributed by atoms with Gasteiger partial charge in [0.15, 0.2) is 11.5 Å². The van der Waals surface area contributed by atoms with Gasteiger partial charge in [-0.15, -0.1) is 0 Å². The van der Waals surface area contributed by atoms with Crippen LogP contribution >= 0.6 is 0 Å². The molecule has 1 amide bonds. The number of rotatable bonds is 4. The number of β-amino-alcohol motifs (C(OH)–C–C–N with tert-alkyl or cyclic N) is 1. The van der Waals surface area contributed by atoms with Crippen molar-refractivity contribution < 1.29 is 19.4 Å². The molecule has 6 nitrogen and oxygen atoms in total. The number of fused-ring (bicyclic) bond motifs is 1. The molecule has 1 saturated heterocycles. The number of hydrogen-bond acceptors (Lipinski definition) is 5. The van der Waals surface area contributed by atoms with E-state index in [2.05, 4.69) is 4.90 Å². The van der Waals surface area contributed by atoms with Crippen molar-refractivity contribution in [3.63, 3.8) is 0 Å². The molecule has 2 aliphatic rings. The number of hydrogen-bond donors (Lipinski definition) is 1. The molecule has 0 aliphatic carbocycles. The Balaban J connectivity index is 1.53. The van der Waals surface area contributed by atoms with Crippen LogP contribution in [0.15, 0.2) is 18.2 Å². The van der Waals surface area contributed by atoms with Crippen LogP contribution in [0.5, 0.6) is 11.5 Å². The molecule has 0 spiro atoms. The Morgan fingerprint density at radius 1 is 1.17 bits per heavy atom. The van der Waals surface area contributed by atoms with E-state index >= 15 is 0 Å². The maximum atomic E-state index is 12.5. The maximum absolute atomic E-state index is 12.5. The van der Waals surface area contributed by atoms with Gasteiger partial charge >= 0.3 is 0 Å². The SMILES string of the molecule is C[C@@H](O)CN1CCN(C(=O)Cc2ccc3c(c2)OCCO3)CC1. The summed E-state index contributed by atoms with van der Waals surface area (Å²) in [4.78, 5) is 16.5. The number of amides is 1. The average Bonchev–Trinajstić information content (AvgIpc) is 2.55. The Morgan fingerprint density at radius 3 is 2.57 bits per heavy atom. The van der Waals surface area contributed by atoms with Crippen LogP contribution in [-0.2, 0) is 11.2 Å². The molecule has 0 aromatic heterocycles. The van der Waals surface area contributed by atoms with Crippen molar-refractivity contribution in [2.45, 2.75) is 19.4 Å². The third-order valence-corrected chi connectivity index (χ3v) is 4.21. The van der Waals surface area contributed by atoms with Crippen LogP contribution in [0, 0.1) is 0 Å². The lowest BCUT2D eigenvalue weighted by atomic mass is 10.1. The Hall–Kier alpha value is -1.79. The molecule has 0 saturated carbocycles. The molecule has 23 heavy (non-hydrogen) atoms. The molecular weight excluding hydrogens is 296 g/mol. The topological polar surface area (TPSA) is 62.2 Å². The van der Waals surface area contributed by atoms with E-state index in [1.807, 2.05) is 23.1 Å². The fourth-order valence-corrected chi connectivity index (χ4v) is 3.04. The van der Waals surface area contributed by atoms with Gasteiger partial charge in [-0.05, 0) is 24.6 Å². The van der Waals surface area contributed by atoms with Gasteiger partial charge in [0.1, 0.15) is 13.2 Å². The maximum Gasteiger partial charge on any atom is 0.227 e. The molecular formula is C17H24N2O4. The van der Waals surface area contributed by atoms with Crippen molar-refractivity contribution in [2.75, 3.05) is 45.9 Å². The Bertz CT molecular complexity index is 554. The van der Waals surface area contributed by atoms with Crippen LogP contribution in [0.2, 0.25) is 0 Å². The highest BCUT2D eigenvalue weighted by Crippen LogP contribution is 2.31. The summed E-state index contributed by atoms with van der Waals surface area (Å²) in [6, 6.07) is 5.70. The van der Waals surface area contributed by atoms with E-state index in [4.69, 9.17) is 9.47 Å². The standard InChI is InChI=1S/C17H24N2O4/c1-13(20)12-18-4-6-19(7-5-18)17(21)11-14-2-3-15-16(10-14)23-9-8-22-15/h2-3,10,13,20H,4-9,11-12H2,1H3/t13-/m1/s1. The summed E-state index contributed by atoms with van der Waals surface area (Å²) in [5, 5.41) is 9.43. The van der Waals surface area contributed by atoms with Gasteiger partial charge in [0.25, 0.3) is 0 Å². The molecule has 0 unspecified atom stereocenters. The minimum Gasteiger partial charge on any atom is -0.486 e. The zero-order valence-electron chi connectivity index (χ0n) is 13.5. The van der Waals surface area contributed by atoms with Crippen LogP contribution in [-0.4, -0.2) is 72.9 Å². The number of benzene rings is 1. The van der Waals surface area contributed by atoms with Crippen molar-refractivity contribution in [2.24, 2.45) is 0 Å². The first-order valence-corrected chi connectivity index (χ1v) is 8.18. The van der Waals surface area contributed by atoms with Crippen molar-refractivity contribution in [3.8, 4) is 11.5 Å². The van der Waals surface area contributed by atoms with Crippen molar-refractivity contribution in [3.05, 3.63) is 23.8 Å². The highest BCUT2D eigenvalue weighted by Gasteiger charge is 2.22. The van der Waals surface area contributed by atoms with Crippen LogP contribution < -0.4 is 9.47 Å². The van der Waals surface area contributed by atoms with Gasteiger partial charge in [-0.3, -0.25) is 9.69 Å². The molecule has 1 atom stereocenters. The van der Waals surface area contributed by atoms with E-state index in [1.165, 1.54) is 0 Å². The predicted octanol–water partition coefficient (Wildman–Crippen LogP) is 0.525. The third-order valence-electron chi connectivity index (χ3n) is 4.21. The molecule has 2 aliphatic heterocycles. The fraction of sp³-hybridized carbons (Fsp3) is 0.588. The predicted molar refractivity (Wildman–Crippen MR) is 85.8 cm³/mol. The first-order valence-electron chi connectivity index (χ1n) is 8.18. The average molecular weight is 320 g/mol. The number of carbonyl (C=O) groups is 1. The van der Waals surface area contributed by atoms with Crippen LogP contribution in [0.4, 0.5) is 0 Å². The Kier molecular flexibility index (Phi) is 5.03. The van der Waals surface area contributed by atoms with Gasteiger partial charge < -0.3 is 19.5 Å². The lowest BCUT2D eigenvalue weighted by molar-refractivity contribution is -0.132. The molecule has 1 N–H and O–H groups in total. The lowest BCUT2D eigenvalue weighted by Crippen LogP contribution is -2.50. The van der Waals surface area contributed by atoms with Gasteiger partial charge in [0, 0.05) is 32.7 Å². The second-order valence-electron chi connectivity index (χ2n) is 6.19. The molecule has 1 fully saturated rings. The minimum atomic E-state index is -0.324. The number of piperazine rings is 1. The normalized spacial score (nSPS) is 19.5. The Labute approximate surface area is 136 Å². The second-order valence-corrected chi connectivity index (χ2v) is 6.19. The summed E-state index contributed by atoms with van der Waals surface area (Å²) in [5.74, 6) is 1.61. The fourth-order valence-electron chi connectivity index (χ4n) is 3.04. The van der Waals surface area contributed by atoms with Crippen molar-refractivity contribution in [1.29, 1.82) is 0 Å². The quantitative estimate of drug-likeness (QED) is 0.877. The number of nitrogens with zero attached hydrogens (tertiary/aromatic N) is 2. The third kappa shape index (κ3) is 4.14. The second kappa shape index (κ2) is 7.19. The summed E-state index contributed by atoms with van der Waals surface area (Å²) in [6.45, 7) is 6.66. The molecule has 6 heteroatoms. The number of aliphatic hydroxyl groups is 1. The van der Waals surface area contributed by atoms with E-state index in [0.717, 1.165) is 43.2 Å². The Morgan fingerprint density at radius 2 is 1.87 bits per heavy atom. The van der Waals surface area contributed by atoms with Crippen molar-refractivity contribution >= 4 is 5.91 Å². The van der Waals surface area contributed by atoms with E-state index in [9.17, 15) is 9.90 Å². The van der Waals surface area contributed by atoms with E-state index in [-0.39, 0.29) is 12.0 Å². The van der Waals surface area contributed by atoms with E-state index in [1.54, 1.807) is 6.92 Å². The monoisotopic (exact) mass is 320 g/mol. The number of aliphatic hydroxyl groups excluding tert-OH is 1. The summed E-state index contributed by atoms with van der Waals surface area (Å²) in [6.07, 6.45) is 0.0579. The van der Waals surface area contributed by atoms with E-state index in [0.29, 0.717) is 26.2 Å². The van der Waals surface area contributed by atoms with E-state index < -0.39 is 0 Å². The van der Waals surface area contributed by atoms with Crippen molar-refractivity contribution in [1.82, 2.24) is 9.80 Å². The number of carbonyl (C=O) groups excluding carboxylic acids is 1. The molecule has 126 valence electrons.